The molecule has 424 valence electrons. The zero-order valence-electron chi connectivity index (χ0n) is 48.3. The summed E-state index contributed by atoms with van der Waals surface area (Å²) < 4.78 is 22.9. The molecule has 0 bridgehead atoms. The Kier molecular flexibility index (Phi) is 53.0. The molecule has 1 N–H and O–H groups in total. The number of carboxylic acid groups (broad SMARTS) is 1. The minimum atomic E-state index is -1.51. The van der Waals surface area contributed by atoms with Crippen LogP contribution in [0.2, 0.25) is 0 Å². The summed E-state index contributed by atoms with van der Waals surface area (Å²) in [4.78, 5) is 37.5. The summed E-state index contributed by atoms with van der Waals surface area (Å²) >= 11 is 0. The van der Waals surface area contributed by atoms with Crippen LogP contribution < -0.4 is 0 Å². The second kappa shape index (κ2) is 55.2. The monoisotopic (exact) mass is 1030 g/mol. The normalized spacial score (nSPS) is 13.2. The fraction of sp³-hybridized carbons (Fsp3) is 0.797. The van der Waals surface area contributed by atoms with Gasteiger partial charge >= 0.3 is 17.9 Å². The van der Waals surface area contributed by atoms with Crippen molar-refractivity contribution >= 4 is 17.9 Å². The highest BCUT2D eigenvalue weighted by Crippen LogP contribution is 2.17. The van der Waals surface area contributed by atoms with Gasteiger partial charge in [-0.2, -0.15) is 0 Å². The Balaban J connectivity index is 4.22. The van der Waals surface area contributed by atoms with Crippen LogP contribution in [-0.2, 0) is 33.3 Å². The summed E-state index contributed by atoms with van der Waals surface area (Å²) in [5.74, 6) is -2.01. The number of hydrogen-bond donors (Lipinski definition) is 1. The highest BCUT2D eigenvalue weighted by Gasteiger charge is 2.25. The summed E-state index contributed by atoms with van der Waals surface area (Å²) in [6, 6.07) is 0. The third kappa shape index (κ3) is 56.6. The lowest BCUT2D eigenvalue weighted by atomic mass is 10.0. The van der Waals surface area contributed by atoms with Crippen LogP contribution >= 0.6 is 0 Å². The van der Waals surface area contributed by atoms with E-state index in [1.165, 1.54) is 161 Å². The molecule has 0 heterocycles. The molecule has 0 spiro atoms. The standard InChI is InChI=1S/C64H115NO8/c1-6-8-10-12-14-16-18-20-22-24-26-28-30-31-33-34-36-38-40-42-44-46-48-50-52-54-61(66)71-58-60(59-72-64(63(68)69)70-57-56-65(3,4)5)73-62(67)55-53-51-49-47-45-43-41-39-37-35-32-29-27-25-23-21-19-17-15-13-11-9-7-2/h9,11,15,17,21,23,27,29,35,37,60,64H,6-8,10,12-14,16,18-20,22,24-26,28,30-34,36,38-59H2,1-5H3/p+1/b11-9-,17-15-,23-21-,29-27-,37-35-. The van der Waals surface area contributed by atoms with E-state index in [0.29, 0.717) is 23.9 Å². The molecule has 9 nitrogen and oxygen atoms in total. The molecule has 9 heteroatoms. The molecule has 0 amide bonds. The highest BCUT2D eigenvalue weighted by molar-refractivity contribution is 5.71. The van der Waals surface area contributed by atoms with Crippen LogP contribution in [0.4, 0.5) is 0 Å². The predicted octanol–water partition coefficient (Wildman–Crippen LogP) is 18.0. The summed E-state index contributed by atoms with van der Waals surface area (Å²) in [6.45, 7) is 4.78. The third-order valence-corrected chi connectivity index (χ3v) is 13.3. The van der Waals surface area contributed by atoms with Crippen molar-refractivity contribution in [2.24, 2.45) is 0 Å². The molecule has 0 saturated carbocycles. The van der Waals surface area contributed by atoms with Crippen molar-refractivity contribution in [3.05, 3.63) is 60.8 Å². The molecule has 0 aliphatic heterocycles. The number of quaternary nitrogens is 1. The van der Waals surface area contributed by atoms with E-state index in [0.717, 1.165) is 77.0 Å². The van der Waals surface area contributed by atoms with Crippen molar-refractivity contribution in [2.75, 3.05) is 47.5 Å². The zero-order chi connectivity index (χ0) is 53.4. The Morgan fingerprint density at radius 1 is 0.425 bits per heavy atom. The van der Waals surface area contributed by atoms with E-state index >= 15 is 0 Å². The SMILES string of the molecule is CC/C=C\C/C=C\C/C=C\C/C=C\C/C=C\CCCCCCCCCC(=O)OC(COC(=O)CCCCCCCCCCCCCCCCCCCCCCCCCCC)COC(OCC[N+](C)(C)C)C(=O)O. The molecule has 0 aromatic heterocycles. The van der Waals surface area contributed by atoms with Gasteiger partial charge in [-0.25, -0.2) is 4.79 Å². The van der Waals surface area contributed by atoms with E-state index in [9.17, 15) is 19.5 Å². The molecular formula is C64H116NO8+. The number of nitrogens with zero attached hydrogens (tertiary/aromatic N) is 1. The lowest BCUT2D eigenvalue weighted by Crippen LogP contribution is -2.40. The molecule has 0 radical (unpaired) electrons. The first-order valence-corrected chi connectivity index (χ1v) is 30.5. The maximum Gasteiger partial charge on any atom is 0.361 e. The van der Waals surface area contributed by atoms with Gasteiger partial charge < -0.3 is 28.5 Å². The number of esters is 2. The number of rotatable bonds is 56. The first-order chi connectivity index (χ1) is 35.6. The molecule has 0 aromatic carbocycles. The Bertz CT molecular complexity index is 1380. The van der Waals surface area contributed by atoms with Gasteiger partial charge in [0.25, 0.3) is 6.29 Å². The highest BCUT2D eigenvalue weighted by atomic mass is 16.7. The van der Waals surface area contributed by atoms with Crippen molar-refractivity contribution in [1.29, 1.82) is 0 Å². The lowest BCUT2D eigenvalue weighted by Gasteiger charge is -2.25. The predicted molar refractivity (Wildman–Crippen MR) is 309 cm³/mol. The number of likely N-dealkylation sites (N-methyl/N-ethyl adjacent to an activating group) is 1. The van der Waals surface area contributed by atoms with Crippen molar-refractivity contribution < 1.29 is 42.9 Å². The largest absolute Gasteiger partial charge is 0.477 e. The van der Waals surface area contributed by atoms with Crippen LogP contribution in [0.25, 0.3) is 0 Å². The smallest absolute Gasteiger partial charge is 0.361 e. The van der Waals surface area contributed by atoms with Crippen LogP contribution in [0.1, 0.15) is 271 Å². The lowest BCUT2D eigenvalue weighted by molar-refractivity contribution is -0.870. The first-order valence-electron chi connectivity index (χ1n) is 30.5. The van der Waals surface area contributed by atoms with Crippen molar-refractivity contribution in [1.82, 2.24) is 0 Å². The molecule has 2 unspecified atom stereocenters. The number of allylic oxidation sites excluding steroid dienone is 10. The van der Waals surface area contributed by atoms with Gasteiger partial charge in [0.1, 0.15) is 13.2 Å². The molecular weight excluding hydrogens is 911 g/mol. The number of hydrogen-bond acceptors (Lipinski definition) is 7. The number of carbonyl (C=O) groups excluding carboxylic acids is 2. The molecule has 0 rings (SSSR count). The molecule has 73 heavy (non-hydrogen) atoms. The van der Waals surface area contributed by atoms with E-state index in [4.69, 9.17) is 18.9 Å². The maximum absolute atomic E-state index is 12.9. The topological polar surface area (TPSA) is 108 Å². The molecule has 0 aliphatic rings. The average molecular weight is 1030 g/mol. The number of carbonyl (C=O) groups is 3. The molecule has 2 atom stereocenters. The fourth-order valence-corrected chi connectivity index (χ4v) is 8.63. The molecule has 0 aliphatic carbocycles. The molecule has 0 fully saturated rings. The summed E-state index contributed by atoms with van der Waals surface area (Å²) in [5.41, 5.74) is 0. The van der Waals surface area contributed by atoms with Crippen molar-refractivity contribution in [3.63, 3.8) is 0 Å². The van der Waals surface area contributed by atoms with E-state index < -0.39 is 24.3 Å². The van der Waals surface area contributed by atoms with Gasteiger partial charge in [-0.3, -0.25) is 9.59 Å². The average Bonchev–Trinajstić information content (AvgIpc) is 3.36. The second-order valence-electron chi connectivity index (χ2n) is 21.6. The third-order valence-electron chi connectivity index (χ3n) is 13.3. The quantitative estimate of drug-likeness (QED) is 0.0211. The van der Waals surface area contributed by atoms with Gasteiger partial charge in [-0.1, -0.05) is 261 Å². The Morgan fingerprint density at radius 2 is 0.781 bits per heavy atom. The van der Waals surface area contributed by atoms with Crippen LogP contribution in [0.15, 0.2) is 60.8 Å². The molecule has 0 aromatic rings. The number of unbranched alkanes of at least 4 members (excludes halogenated alkanes) is 31. The number of carboxylic acids is 1. The van der Waals surface area contributed by atoms with Crippen molar-refractivity contribution in [2.45, 2.75) is 283 Å². The fourth-order valence-electron chi connectivity index (χ4n) is 8.63. The van der Waals surface area contributed by atoms with Gasteiger partial charge in [-0.15, -0.1) is 0 Å². The van der Waals surface area contributed by atoms with Crippen LogP contribution in [0, 0.1) is 0 Å². The Labute approximate surface area is 450 Å². The van der Waals surface area contributed by atoms with Gasteiger partial charge in [0.05, 0.1) is 34.4 Å². The Hall–Kier alpha value is -3.01. The van der Waals surface area contributed by atoms with E-state index in [1.54, 1.807) is 0 Å². The Morgan fingerprint density at radius 3 is 1.16 bits per heavy atom. The van der Waals surface area contributed by atoms with Crippen molar-refractivity contribution in [3.8, 4) is 0 Å². The van der Waals surface area contributed by atoms with Gasteiger partial charge in [0, 0.05) is 12.8 Å². The zero-order valence-corrected chi connectivity index (χ0v) is 48.3. The van der Waals surface area contributed by atoms with Crippen LogP contribution in [0.5, 0.6) is 0 Å². The summed E-state index contributed by atoms with van der Waals surface area (Å²) in [6.07, 6.45) is 67.3. The van der Waals surface area contributed by atoms with Gasteiger partial charge in [0.15, 0.2) is 6.10 Å². The van der Waals surface area contributed by atoms with Gasteiger partial charge in [-0.05, 0) is 57.8 Å². The van der Waals surface area contributed by atoms with E-state index in [2.05, 4.69) is 74.6 Å². The van der Waals surface area contributed by atoms with Gasteiger partial charge in [0.2, 0.25) is 0 Å². The molecule has 0 saturated heterocycles. The second-order valence-corrected chi connectivity index (χ2v) is 21.6. The summed E-state index contributed by atoms with van der Waals surface area (Å²) in [5, 5.41) is 9.71. The minimum Gasteiger partial charge on any atom is -0.477 e. The first kappa shape index (κ1) is 70.0. The number of aliphatic carboxylic acids is 1. The maximum atomic E-state index is 12.9. The van der Waals surface area contributed by atoms with E-state index in [1.807, 2.05) is 21.1 Å². The van der Waals surface area contributed by atoms with Crippen LogP contribution in [0.3, 0.4) is 0 Å². The summed E-state index contributed by atoms with van der Waals surface area (Å²) in [7, 11) is 5.97. The van der Waals surface area contributed by atoms with Crippen LogP contribution in [-0.4, -0.2) is 87.4 Å². The minimum absolute atomic E-state index is 0.184. The van der Waals surface area contributed by atoms with E-state index in [-0.39, 0.29) is 32.2 Å². The number of ether oxygens (including phenoxy) is 4.